The Bertz CT molecular complexity index is 427. The van der Waals surface area contributed by atoms with Gasteiger partial charge in [0.2, 0.25) is 0 Å². The molecule has 2 atom stereocenters. The lowest BCUT2D eigenvalue weighted by atomic mass is 9.88. The molecule has 1 aliphatic heterocycles. The fourth-order valence-electron chi connectivity index (χ4n) is 3.21. The van der Waals surface area contributed by atoms with Crippen molar-refractivity contribution in [1.29, 1.82) is 0 Å². The van der Waals surface area contributed by atoms with Crippen LogP contribution in [0.15, 0.2) is 18.2 Å². The number of aryl methyl sites for hydroxylation is 2. The molecule has 1 aliphatic carbocycles. The van der Waals surface area contributed by atoms with Gasteiger partial charge in [-0.05, 0) is 49.4 Å². The molecule has 104 valence electrons. The highest BCUT2D eigenvalue weighted by molar-refractivity contribution is 5.35. The van der Waals surface area contributed by atoms with Gasteiger partial charge in [-0.1, -0.05) is 18.2 Å². The quantitative estimate of drug-likeness (QED) is 0.905. The molecule has 2 aliphatic rings. The van der Waals surface area contributed by atoms with Crippen LogP contribution in [0.4, 0.5) is 0 Å². The van der Waals surface area contributed by atoms with Crippen molar-refractivity contribution in [2.75, 3.05) is 26.9 Å². The largest absolute Gasteiger partial charge is 0.376 e. The third-order valence-electron chi connectivity index (χ3n) is 4.26. The molecular formula is C16H23NO2. The molecular weight excluding hydrogens is 238 g/mol. The molecule has 1 fully saturated rings. The molecule has 1 heterocycles. The van der Waals surface area contributed by atoms with Gasteiger partial charge in [0.1, 0.15) is 6.10 Å². The summed E-state index contributed by atoms with van der Waals surface area (Å²) in [4.78, 5) is 0. The predicted molar refractivity (Wildman–Crippen MR) is 75.4 cm³/mol. The zero-order valence-electron chi connectivity index (χ0n) is 11.7. The van der Waals surface area contributed by atoms with Crippen LogP contribution >= 0.6 is 0 Å². The Balaban J connectivity index is 1.82. The molecule has 0 amide bonds. The summed E-state index contributed by atoms with van der Waals surface area (Å²) in [6, 6.07) is 7.15. The molecule has 0 spiro atoms. The number of benzene rings is 1. The van der Waals surface area contributed by atoms with Crippen molar-refractivity contribution >= 4 is 0 Å². The SMILES string of the molecule is CNC(c1ccc2c(c1)CCCC2)C1COCCO1. The summed E-state index contributed by atoms with van der Waals surface area (Å²) in [6.45, 7) is 2.10. The van der Waals surface area contributed by atoms with Gasteiger partial charge in [0, 0.05) is 0 Å². The monoisotopic (exact) mass is 261 g/mol. The van der Waals surface area contributed by atoms with E-state index in [0.29, 0.717) is 13.2 Å². The van der Waals surface area contributed by atoms with E-state index in [-0.39, 0.29) is 12.1 Å². The highest BCUT2D eigenvalue weighted by atomic mass is 16.6. The molecule has 19 heavy (non-hydrogen) atoms. The number of likely N-dealkylation sites (N-methyl/N-ethyl adjacent to an activating group) is 1. The molecule has 3 nitrogen and oxygen atoms in total. The summed E-state index contributed by atoms with van der Waals surface area (Å²) in [6.07, 6.45) is 5.25. The van der Waals surface area contributed by atoms with Gasteiger partial charge in [-0.15, -0.1) is 0 Å². The van der Waals surface area contributed by atoms with E-state index in [1.807, 2.05) is 7.05 Å². The van der Waals surface area contributed by atoms with Crippen LogP contribution in [0.3, 0.4) is 0 Å². The average molecular weight is 261 g/mol. The molecule has 1 N–H and O–H groups in total. The molecule has 2 unspecified atom stereocenters. The normalized spacial score (nSPS) is 24.8. The Morgan fingerprint density at radius 3 is 2.74 bits per heavy atom. The molecule has 3 heteroatoms. The van der Waals surface area contributed by atoms with Crippen molar-refractivity contribution in [2.45, 2.75) is 37.8 Å². The van der Waals surface area contributed by atoms with Crippen molar-refractivity contribution < 1.29 is 9.47 Å². The van der Waals surface area contributed by atoms with Crippen molar-refractivity contribution in [3.05, 3.63) is 34.9 Å². The van der Waals surface area contributed by atoms with E-state index < -0.39 is 0 Å². The van der Waals surface area contributed by atoms with Crippen LogP contribution < -0.4 is 5.32 Å². The van der Waals surface area contributed by atoms with Crippen LogP contribution in [0.2, 0.25) is 0 Å². The van der Waals surface area contributed by atoms with Crippen LogP contribution in [0.25, 0.3) is 0 Å². The number of rotatable bonds is 3. The molecule has 1 aromatic rings. The topological polar surface area (TPSA) is 30.5 Å². The van der Waals surface area contributed by atoms with Crippen LogP contribution in [-0.2, 0) is 22.3 Å². The number of nitrogens with one attached hydrogen (secondary N) is 1. The van der Waals surface area contributed by atoms with Crippen molar-refractivity contribution in [3.63, 3.8) is 0 Å². The highest BCUT2D eigenvalue weighted by Crippen LogP contribution is 2.27. The first kappa shape index (κ1) is 13.1. The van der Waals surface area contributed by atoms with Gasteiger partial charge in [0.05, 0.1) is 25.9 Å². The van der Waals surface area contributed by atoms with Crippen LogP contribution in [0, 0.1) is 0 Å². The minimum absolute atomic E-state index is 0.125. The summed E-state index contributed by atoms with van der Waals surface area (Å²) >= 11 is 0. The van der Waals surface area contributed by atoms with Gasteiger partial charge in [0.25, 0.3) is 0 Å². The van der Waals surface area contributed by atoms with E-state index in [2.05, 4.69) is 23.5 Å². The standard InChI is InChI=1S/C16H23NO2/c1-17-16(15-11-18-8-9-19-15)14-7-6-12-4-2-3-5-13(12)10-14/h6-7,10,15-17H,2-5,8-9,11H2,1H3. The van der Waals surface area contributed by atoms with Gasteiger partial charge >= 0.3 is 0 Å². The molecule has 1 saturated heterocycles. The van der Waals surface area contributed by atoms with Gasteiger partial charge in [-0.25, -0.2) is 0 Å². The molecule has 1 aromatic carbocycles. The minimum Gasteiger partial charge on any atom is -0.376 e. The summed E-state index contributed by atoms with van der Waals surface area (Å²) in [5.74, 6) is 0. The molecule has 3 rings (SSSR count). The van der Waals surface area contributed by atoms with Crippen LogP contribution in [-0.4, -0.2) is 33.0 Å². The third-order valence-corrected chi connectivity index (χ3v) is 4.26. The second kappa shape index (κ2) is 6.04. The van der Waals surface area contributed by atoms with E-state index in [9.17, 15) is 0 Å². The van der Waals surface area contributed by atoms with Crippen molar-refractivity contribution in [2.24, 2.45) is 0 Å². The summed E-state index contributed by atoms with van der Waals surface area (Å²) in [7, 11) is 2.00. The first-order valence-electron chi connectivity index (χ1n) is 7.37. The van der Waals surface area contributed by atoms with Gasteiger partial charge in [-0.2, -0.15) is 0 Å². The smallest absolute Gasteiger partial charge is 0.100 e. The Labute approximate surface area is 115 Å². The predicted octanol–water partition coefficient (Wildman–Crippen LogP) is 2.24. The molecule has 0 radical (unpaired) electrons. The van der Waals surface area contributed by atoms with Gasteiger partial charge < -0.3 is 14.8 Å². The maximum atomic E-state index is 5.84. The van der Waals surface area contributed by atoms with E-state index in [1.54, 1.807) is 0 Å². The Kier molecular flexibility index (Phi) is 4.16. The Morgan fingerprint density at radius 1 is 1.16 bits per heavy atom. The van der Waals surface area contributed by atoms with E-state index in [1.165, 1.54) is 42.4 Å². The first-order valence-corrected chi connectivity index (χ1v) is 7.37. The van der Waals surface area contributed by atoms with Crippen LogP contribution in [0.1, 0.15) is 35.6 Å². The third kappa shape index (κ3) is 2.83. The lowest BCUT2D eigenvalue weighted by Crippen LogP contribution is -2.39. The Hall–Kier alpha value is -0.900. The maximum absolute atomic E-state index is 5.84. The average Bonchev–Trinajstić information content (AvgIpc) is 2.49. The second-order valence-corrected chi connectivity index (χ2v) is 5.49. The second-order valence-electron chi connectivity index (χ2n) is 5.49. The maximum Gasteiger partial charge on any atom is 0.100 e. The summed E-state index contributed by atoms with van der Waals surface area (Å²) < 4.78 is 11.4. The fraction of sp³-hybridized carbons (Fsp3) is 0.625. The van der Waals surface area contributed by atoms with Crippen molar-refractivity contribution in [3.8, 4) is 0 Å². The summed E-state index contributed by atoms with van der Waals surface area (Å²) in [5.41, 5.74) is 4.39. The summed E-state index contributed by atoms with van der Waals surface area (Å²) in [5, 5.41) is 3.39. The molecule has 0 bridgehead atoms. The molecule has 0 saturated carbocycles. The zero-order chi connectivity index (χ0) is 13.1. The van der Waals surface area contributed by atoms with E-state index in [4.69, 9.17) is 9.47 Å². The van der Waals surface area contributed by atoms with E-state index in [0.717, 1.165) is 6.61 Å². The Morgan fingerprint density at radius 2 is 2.00 bits per heavy atom. The van der Waals surface area contributed by atoms with Crippen LogP contribution in [0.5, 0.6) is 0 Å². The van der Waals surface area contributed by atoms with Gasteiger partial charge in [0.15, 0.2) is 0 Å². The van der Waals surface area contributed by atoms with E-state index >= 15 is 0 Å². The number of ether oxygens (including phenoxy) is 2. The lowest BCUT2D eigenvalue weighted by molar-refractivity contribution is -0.101. The van der Waals surface area contributed by atoms with Crippen molar-refractivity contribution in [1.82, 2.24) is 5.32 Å². The van der Waals surface area contributed by atoms with Gasteiger partial charge in [-0.3, -0.25) is 0 Å². The lowest BCUT2D eigenvalue weighted by Gasteiger charge is -2.31. The number of hydrogen-bond donors (Lipinski definition) is 1. The molecule has 0 aromatic heterocycles. The fourth-order valence-corrected chi connectivity index (χ4v) is 3.21. The number of fused-ring (bicyclic) bond motifs is 1. The zero-order valence-corrected chi connectivity index (χ0v) is 11.7. The minimum atomic E-state index is 0.125. The highest BCUT2D eigenvalue weighted by Gasteiger charge is 2.26. The number of hydrogen-bond acceptors (Lipinski definition) is 3. The first-order chi connectivity index (χ1) is 9.38.